The Bertz CT molecular complexity index is 577. The number of rotatable bonds is 1. The van der Waals surface area contributed by atoms with Crippen LogP contribution in [0, 0.1) is 0 Å². The second-order valence-electron chi connectivity index (χ2n) is 4.72. The number of hydrogen-bond acceptors (Lipinski definition) is 1. The molecule has 1 heterocycles. The van der Waals surface area contributed by atoms with Crippen LogP contribution in [-0.2, 0) is 6.42 Å². The van der Waals surface area contributed by atoms with Gasteiger partial charge in [-0.05, 0) is 37.1 Å². The molecular formula is C16H15NO. The van der Waals surface area contributed by atoms with Gasteiger partial charge in [0, 0.05) is 17.3 Å². The summed E-state index contributed by atoms with van der Waals surface area (Å²) in [5.74, 6) is 0.0908. The number of amides is 1. The van der Waals surface area contributed by atoms with Crippen molar-refractivity contribution < 1.29 is 4.79 Å². The van der Waals surface area contributed by atoms with Crippen molar-refractivity contribution in [3.63, 3.8) is 0 Å². The first-order valence-corrected chi connectivity index (χ1v) is 6.24. The molecule has 0 unspecified atom stereocenters. The molecule has 2 aromatic rings. The number of anilines is 1. The molecule has 0 aromatic heterocycles. The molecule has 0 fully saturated rings. The number of benzene rings is 2. The third-order valence-corrected chi connectivity index (χ3v) is 3.45. The van der Waals surface area contributed by atoms with E-state index in [1.165, 1.54) is 5.56 Å². The molecular weight excluding hydrogens is 222 g/mol. The fourth-order valence-corrected chi connectivity index (χ4v) is 2.59. The van der Waals surface area contributed by atoms with Gasteiger partial charge in [0.2, 0.25) is 0 Å². The maximum absolute atomic E-state index is 12.5. The molecule has 1 atom stereocenters. The van der Waals surface area contributed by atoms with Crippen molar-refractivity contribution in [3.05, 3.63) is 65.7 Å². The minimum absolute atomic E-state index is 0.0908. The maximum atomic E-state index is 12.5. The van der Waals surface area contributed by atoms with Crippen LogP contribution in [0.1, 0.15) is 22.8 Å². The van der Waals surface area contributed by atoms with Gasteiger partial charge in [-0.15, -0.1) is 0 Å². The van der Waals surface area contributed by atoms with E-state index >= 15 is 0 Å². The highest BCUT2D eigenvalue weighted by molar-refractivity contribution is 6.07. The van der Waals surface area contributed by atoms with Crippen molar-refractivity contribution in [1.29, 1.82) is 0 Å². The predicted molar refractivity (Wildman–Crippen MR) is 72.9 cm³/mol. The zero-order valence-electron chi connectivity index (χ0n) is 10.3. The molecule has 0 saturated carbocycles. The zero-order valence-corrected chi connectivity index (χ0v) is 10.3. The third-order valence-electron chi connectivity index (χ3n) is 3.45. The lowest BCUT2D eigenvalue weighted by atomic mass is 10.1. The van der Waals surface area contributed by atoms with Gasteiger partial charge < -0.3 is 4.90 Å². The number of hydrogen-bond donors (Lipinski definition) is 0. The number of fused-ring (bicyclic) bond motifs is 1. The predicted octanol–water partition coefficient (Wildman–Crippen LogP) is 3.28. The Morgan fingerprint density at radius 2 is 1.72 bits per heavy atom. The Labute approximate surface area is 107 Å². The maximum Gasteiger partial charge on any atom is 0.258 e. The standard InChI is InChI=1S/C16H15NO/c1-12-11-14-9-5-6-10-15(14)17(12)16(18)13-7-3-2-4-8-13/h2-10,12H,11H2,1H3/t12-/m0/s1. The quantitative estimate of drug-likeness (QED) is 0.745. The lowest BCUT2D eigenvalue weighted by molar-refractivity contribution is 0.0981. The minimum Gasteiger partial charge on any atom is -0.305 e. The van der Waals surface area contributed by atoms with Gasteiger partial charge in [0.15, 0.2) is 0 Å². The van der Waals surface area contributed by atoms with Crippen molar-refractivity contribution >= 4 is 11.6 Å². The van der Waals surface area contributed by atoms with Gasteiger partial charge in [0.25, 0.3) is 5.91 Å². The van der Waals surface area contributed by atoms with E-state index in [2.05, 4.69) is 13.0 Å². The molecule has 0 aliphatic carbocycles. The fourth-order valence-electron chi connectivity index (χ4n) is 2.59. The number of carbonyl (C=O) groups is 1. The molecule has 2 nitrogen and oxygen atoms in total. The lowest BCUT2D eigenvalue weighted by Gasteiger charge is -2.22. The van der Waals surface area contributed by atoms with E-state index in [9.17, 15) is 4.79 Å². The Kier molecular flexibility index (Phi) is 2.63. The van der Waals surface area contributed by atoms with E-state index in [0.29, 0.717) is 0 Å². The third kappa shape index (κ3) is 1.70. The Balaban J connectivity index is 2.00. The highest BCUT2D eigenvalue weighted by Crippen LogP contribution is 2.32. The van der Waals surface area contributed by atoms with Crippen LogP contribution in [0.25, 0.3) is 0 Å². The van der Waals surface area contributed by atoms with Gasteiger partial charge in [-0.25, -0.2) is 0 Å². The van der Waals surface area contributed by atoms with Crippen molar-refractivity contribution in [2.75, 3.05) is 4.90 Å². The topological polar surface area (TPSA) is 20.3 Å². The van der Waals surface area contributed by atoms with Crippen LogP contribution in [0.4, 0.5) is 5.69 Å². The molecule has 3 rings (SSSR count). The first-order valence-electron chi connectivity index (χ1n) is 6.24. The Morgan fingerprint density at radius 3 is 2.50 bits per heavy atom. The van der Waals surface area contributed by atoms with Crippen LogP contribution < -0.4 is 4.90 Å². The van der Waals surface area contributed by atoms with E-state index in [1.54, 1.807) is 0 Å². The molecule has 0 N–H and O–H groups in total. The van der Waals surface area contributed by atoms with Gasteiger partial charge in [-0.2, -0.15) is 0 Å². The summed E-state index contributed by atoms with van der Waals surface area (Å²) in [5.41, 5.74) is 3.06. The summed E-state index contributed by atoms with van der Waals surface area (Å²) in [6.45, 7) is 2.10. The lowest BCUT2D eigenvalue weighted by Crippen LogP contribution is -2.35. The summed E-state index contributed by atoms with van der Waals surface area (Å²) >= 11 is 0. The molecule has 0 bridgehead atoms. The monoisotopic (exact) mass is 237 g/mol. The van der Waals surface area contributed by atoms with Crippen LogP contribution in [-0.4, -0.2) is 11.9 Å². The Hall–Kier alpha value is -2.09. The fraction of sp³-hybridized carbons (Fsp3) is 0.188. The molecule has 1 aliphatic rings. The van der Waals surface area contributed by atoms with Crippen molar-refractivity contribution in [2.24, 2.45) is 0 Å². The number of nitrogens with zero attached hydrogens (tertiary/aromatic N) is 1. The molecule has 2 aromatic carbocycles. The average Bonchev–Trinajstić information content (AvgIpc) is 2.75. The molecule has 0 radical (unpaired) electrons. The van der Waals surface area contributed by atoms with Crippen LogP contribution in [0.3, 0.4) is 0 Å². The van der Waals surface area contributed by atoms with E-state index in [0.717, 1.165) is 17.7 Å². The van der Waals surface area contributed by atoms with Crippen LogP contribution >= 0.6 is 0 Å². The summed E-state index contributed by atoms with van der Waals surface area (Å²) < 4.78 is 0. The molecule has 0 saturated heterocycles. The second-order valence-corrected chi connectivity index (χ2v) is 4.72. The second kappa shape index (κ2) is 4.30. The summed E-state index contributed by atoms with van der Waals surface area (Å²) in [4.78, 5) is 14.5. The minimum atomic E-state index is 0.0908. The molecule has 2 heteroatoms. The van der Waals surface area contributed by atoms with E-state index in [-0.39, 0.29) is 11.9 Å². The van der Waals surface area contributed by atoms with Crippen molar-refractivity contribution in [3.8, 4) is 0 Å². The summed E-state index contributed by atoms with van der Waals surface area (Å²) in [5, 5.41) is 0. The summed E-state index contributed by atoms with van der Waals surface area (Å²) in [6.07, 6.45) is 0.939. The summed E-state index contributed by atoms with van der Waals surface area (Å²) in [6, 6.07) is 17.9. The molecule has 1 aliphatic heterocycles. The SMILES string of the molecule is C[C@H]1Cc2ccccc2N1C(=O)c1ccccc1. The van der Waals surface area contributed by atoms with Gasteiger partial charge in [0.1, 0.15) is 0 Å². The van der Waals surface area contributed by atoms with Gasteiger partial charge in [-0.1, -0.05) is 36.4 Å². The highest BCUT2D eigenvalue weighted by atomic mass is 16.2. The van der Waals surface area contributed by atoms with Crippen LogP contribution in [0.5, 0.6) is 0 Å². The van der Waals surface area contributed by atoms with Gasteiger partial charge >= 0.3 is 0 Å². The Morgan fingerprint density at radius 1 is 1.06 bits per heavy atom. The average molecular weight is 237 g/mol. The molecule has 18 heavy (non-hydrogen) atoms. The first-order chi connectivity index (χ1) is 8.77. The smallest absolute Gasteiger partial charge is 0.258 e. The highest BCUT2D eigenvalue weighted by Gasteiger charge is 2.30. The van der Waals surface area contributed by atoms with Crippen molar-refractivity contribution in [1.82, 2.24) is 0 Å². The first kappa shape index (κ1) is 11.0. The zero-order chi connectivity index (χ0) is 12.5. The largest absolute Gasteiger partial charge is 0.305 e. The number of carbonyl (C=O) groups excluding carboxylic acids is 1. The summed E-state index contributed by atoms with van der Waals surface area (Å²) in [7, 11) is 0. The van der Waals surface area contributed by atoms with E-state index in [1.807, 2.05) is 53.4 Å². The normalized spacial score (nSPS) is 17.6. The van der Waals surface area contributed by atoms with Crippen molar-refractivity contribution in [2.45, 2.75) is 19.4 Å². The number of para-hydroxylation sites is 1. The molecule has 1 amide bonds. The van der Waals surface area contributed by atoms with Crippen LogP contribution in [0.2, 0.25) is 0 Å². The van der Waals surface area contributed by atoms with Crippen LogP contribution in [0.15, 0.2) is 54.6 Å². The van der Waals surface area contributed by atoms with E-state index in [4.69, 9.17) is 0 Å². The van der Waals surface area contributed by atoms with Gasteiger partial charge in [0.05, 0.1) is 0 Å². The molecule has 90 valence electrons. The van der Waals surface area contributed by atoms with Gasteiger partial charge in [-0.3, -0.25) is 4.79 Å². The van der Waals surface area contributed by atoms with E-state index < -0.39 is 0 Å². The molecule has 0 spiro atoms.